The fourth-order valence-electron chi connectivity index (χ4n) is 1.90. The number of nitrogens with zero attached hydrogens (tertiary/aromatic N) is 2. The van der Waals surface area contributed by atoms with Crippen LogP contribution < -0.4 is 5.32 Å². The van der Waals surface area contributed by atoms with E-state index in [0.29, 0.717) is 0 Å². The van der Waals surface area contributed by atoms with Gasteiger partial charge >= 0.3 is 0 Å². The van der Waals surface area contributed by atoms with Crippen molar-refractivity contribution in [3.8, 4) is 0 Å². The van der Waals surface area contributed by atoms with Gasteiger partial charge in [-0.2, -0.15) is 4.37 Å². The summed E-state index contributed by atoms with van der Waals surface area (Å²) in [5.41, 5.74) is 1.41. The summed E-state index contributed by atoms with van der Waals surface area (Å²) in [6.07, 6.45) is 3.03. The van der Waals surface area contributed by atoms with E-state index in [4.69, 9.17) is 0 Å². The Morgan fingerprint density at radius 1 is 1.21 bits per heavy atom. The van der Waals surface area contributed by atoms with Crippen molar-refractivity contribution >= 4 is 16.7 Å². The van der Waals surface area contributed by atoms with E-state index in [1.165, 1.54) is 17.1 Å². The maximum absolute atomic E-state index is 4.47. The van der Waals surface area contributed by atoms with Gasteiger partial charge in [-0.3, -0.25) is 0 Å². The van der Waals surface area contributed by atoms with Crippen LogP contribution in [-0.4, -0.2) is 14.9 Å². The van der Waals surface area contributed by atoms with Crippen LogP contribution in [0.1, 0.15) is 38.6 Å². The molecule has 0 bridgehead atoms. The van der Waals surface area contributed by atoms with Crippen LogP contribution in [0.2, 0.25) is 0 Å². The molecule has 0 spiro atoms. The molecular formula is C15H21N3S. The summed E-state index contributed by atoms with van der Waals surface area (Å²) in [5.74, 6) is 0.923. The molecule has 0 radical (unpaired) electrons. The largest absolute Gasteiger partial charge is 0.355 e. The van der Waals surface area contributed by atoms with Gasteiger partial charge in [-0.05, 0) is 32.3 Å². The van der Waals surface area contributed by atoms with Gasteiger partial charge in [0, 0.05) is 23.5 Å². The molecule has 3 nitrogen and oxygen atoms in total. The van der Waals surface area contributed by atoms with Gasteiger partial charge in [-0.1, -0.05) is 37.3 Å². The first-order valence-corrected chi connectivity index (χ1v) is 7.51. The third-order valence-electron chi connectivity index (χ3n) is 3.11. The molecule has 2 rings (SSSR count). The first-order chi connectivity index (χ1) is 9.09. The van der Waals surface area contributed by atoms with E-state index < -0.39 is 0 Å². The zero-order valence-electron chi connectivity index (χ0n) is 11.8. The summed E-state index contributed by atoms with van der Waals surface area (Å²) in [5, 5.41) is 4.41. The number of benzene rings is 1. The SMILES string of the molecule is CCc1nsc(NC(C)(C)CCc2ccccc2)n1. The van der Waals surface area contributed by atoms with Crippen molar-refractivity contribution in [1.29, 1.82) is 0 Å². The summed E-state index contributed by atoms with van der Waals surface area (Å²) in [7, 11) is 0. The summed E-state index contributed by atoms with van der Waals surface area (Å²) >= 11 is 1.45. The third kappa shape index (κ3) is 4.31. The standard InChI is InChI=1S/C15H21N3S/c1-4-13-16-14(19-18-13)17-15(2,3)11-10-12-8-6-5-7-9-12/h5-9H,4,10-11H2,1-3H3,(H,16,17,18). The predicted octanol–water partition coefficient (Wildman–Crippen LogP) is 3.92. The van der Waals surface area contributed by atoms with Crippen LogP contribution in [0.15, 0.2) is 30.3 Å². The van der Waals surface area contributed by atoms with Crippen molar-refractivity contribution in [2.75, 3.05) is 5.32 Å². The van der Waals surface area contributed by atoms with Gasteiger partial charge in [-0.25, -0.2) is 4.98 Å². The first kappa shape index (κ1) is 14.0. The lowest BCUT2D eigenvalue weighted by atomic mass is 9.95. The molecule has 19 heavy (non-hydrogen) atoms. The van der Waals surface area contributed by atoms with Gasteiger partial charge in [-0.15, -0.1) is 0 Å². The van der Waals surface area contributed by atoms with Crippen molar-refractivity contribution in [1.82, 2.24) is 9.36 Å². The molecule has 2 aromatic rings. The number of aromatic nitrogens is 2. The molecule has 0 aliphatic rings. The topological polar surface area (TPSA) is 37.8 Å². The monoisotopic (exact) mass is 275 g/mol. The lowest BCUT2D eigenvalue weighted by molar-refractivity contribution is 0.518. The van der Waals surface area contributed by atoms with Crippen molar-refractivity contribution in [2.24, 2.45) is 0 Å². The van der Waals surface area contributed by atoms with E-state index in [-0.39, 0.29) is 5.54 Å². The van der Waals surface area contributed by atoms with E-state index >= 15 is 0 Å². The van der Waals surface area contributed by atoms with Crippen LogP contribution in [0.3, 0.4) is 0 Å². The Morgan fingerprint density at radius 2 is 1.95 bits per heavy atom. The highest BCUT2D eigenvalue weighted by molar-refractivity contribution is 7.09. The van der Waals surface area contributed by atoms with Gasteiger partial charge in [0.05, 0.1) is 0 Å². The molecule has 102 valence electrons. The van der Waals surface area contributed by atoms with E-state index in [1.54, 1.807) is 0 Å². The Balaban J connectivity index is 1.91. The molecule has 1 aromatic carbocycles. The lowest BCUT2D eigenvalue weighted by Gasteiger charge is -2.25. The number of nitrogens with one attached hydrogen (secondary N) is 1. The summed E-state index contributed by atoms with van der Waals surface area (Å²) in [6.45, 7) is 6.50. The van der Waals surface area contributed by atoms with Crippen molar-refractivity contribution < 1.29 is 0 Å². The van der Waals surface area contributed by atoms with Crippen LogP contribution >= 0.6 is 11.5 Å². The average Bonchev–Trinajstić information content (AvgIpc) is 2.85. The minimum Gasteiger partial charge on any atom is -0.355 e. The van der Waals surface area contributed by atoms with Crippen LogP contribution in [0.5, 0.6) is 0 Å². The number of rotatable bonds is 6. The van der Waals surface area contributed by atoms with Crippen LogP contribution in [0, 0.1) is 0 Å². The maximum Gasteiger partial charge on any atom is 0.202 e. The second-order valence-corrected chi connectivity index (χ2v) is 6.12. The molecule has 1 N–H and O–H groups in total. The Hall–Kier alpha value is -1.42. The molecule has 0 aliphatic carbocycles. The lowest BCUT2D eigenvalue weighted by Crippen LogP contribution is -2.31. The number of hydrogen-bond donors (Lipinski definition) is 1. The summed E-state index contributed by atoms with van der Waals surface area (Å²) in [6, 6.07) is 10.6. The fraction of sp³-hybridized carbons (Fsp3) is 0.467. The van der Waals surface area contributed by atoms with E-state index in [2.05, 4.69) is 65.8 Å². The van der Waals surface area contributed by atoms with Crippen molar-refractivity contribution in [3.63, 3.8) is 0 Å². The second-order valence-electron chi connectivity index (χ2n) is 5.36. The van der Waals surface area contributed by atoms with Gasteiger partial charge in [0.15, 0.2) is 0 Å². The van der Waals surface area contributed by atoms with Crippen LogP contribution in [0.4, 0.5) is 5.13 Å². The molecule has 4 heteroatoms. The predicted molar refractivity (Wildman–Crippen MR) is 81.8 cm³/mol. The smallest absolute Gasteiger partial charge is 0.202 e. The van der Waals surface area contributed by atoms with E-state index in [0.717, 1.165) is 30.2 Å². The van der Waals surface area contributed by atoms with Gasteiger partial charge < -0.3 is 5.32 Å². The van der Waals surface area contributed by atoms with Gasteiger partial charge in [0.1, 0.15) is 5.82 Å². The minimum atomic E-state index is 0.0282. The minimum absolute atomic E-state index is 0.0282. The Labute approximate surface area is 119 Å². The number of hydrogen-bond acceptors (Lipinski definition) is 4. The fourth-order valence-corrected chi connectivity index (χ4v) is 2.73. The molecule has 1 aromatic heterocycles. The third-order valence-corrected chi connectivity index (χ3v) is 3.78. The highest BCUT2D eigenvalue weighted by Gasteiger charge is 2.19. The number of anilines is 1. The zero-order valence-corrected chi connectivity index (χ0v) is 12.6. The van der Waals surface area contributed by atoms with Crippen LogP contribution in [-0.2, 0) is 12.8 Å². The van der Waals surface area contributed by atoms with Gasteiger partial charge in [0.25, 0.3) is 0 Å². The molecule has 0 unspecified atom stereocenters. The zero-order chi connectivity index (χ0) is 13.7. The quantitative estimate of drug-likeness (QED) is 0.868. The molecule has 0 amide bonds. The van der Waals surface area contributed by atoms with Crippen LogP contribution in [0.25, 0.3) is 0 Å². The maximum atomic E-state index is 4.47. The van der Waals surface area contributed by atoms with Crippen molar-refractivity contribution in [3.05, 3.63) is 41.7 Å². The Bertz CT molecular complexity index is 505. The molecule has 0 fully saturated rings. The van der Waals surface area contributed by atoms with Crippen molar-refractivity contribution in [2.45, 2.75) is 45.6 Å². The average molecular weight is 275 g/mol. The Morgan fingerprint density at radius 3 is 2.58 bits per heavy atom. The first-order valence-electron chi connectivity index (χ1n) is 6.74. The molecule has 0 aliphatic heterocycles. The summed E-state index contributed by atoms with van der Waals surface area (Å²) in [4.78, 5) is 4.47. The molecule has 0 saturated carbocycles. The van der Waals surface area contributed by atoms with E-state index in [1.807, 2.05) is 0 Å². The molecule has 1 heterocycles. The van der Waals surface area contributed by atoms with Gasteiger partial charge in [0.2, 0.25) is 5.13 Å². The molecule has 0 atom stereocenters. The Kier molecular flexibility index (Phi) is 4.53. The number of aryl methyl sites for hydroxylation is 2. The highest BCUT2D eigenvalue weighted by atomic mass is 32.1. The molecule has 0 saturated heterocycles. The normalized spacial score (nSPS) is 11.5. The molecular weight excluding hydrogens is 254 g/mol. The summed E-state index contributed by atoms with van der Waals surface area (Å²) < 4.78 is 4.31. The second kappa shape index (κ2) is 6.15. The highest BCUT2D eigenvalue weighted by Crippen LogP contribution is 2.21. The van der Waals surface area contributed by atoms with E-state index in [9.17, 15) is 0 Å².